The molecule has 0 aliphatic heterocycles. The lowest BCUT2D eigenvalue weighted by Crippen LogP contribution is -2.21. The number of carbonyl (C=O) groups is 1. The molecule has 4 N–H and O–H groups in total. The van der Waals surface area contributed by atoms with Crippen LogP contribution in [-0.4, -0.2) is 39.5 Å². The van der Waals surface area contributed by atoms with E-state index in [9.17, 15) is 4.79 Å². The van der Waals surface area contributed by atoms with Crippen LogP contribution in [0.5, 0.6) is 11.5 Å². The summed E-state index contributed by atoms with van der Waals surface area (Å²) in [5.41, 5.74) is 7.23. The Balaban J connectivity index is 1.80. The molecule has 2 aromatic heterocycles. The summed E-state index contributed by atoms with van der Waals surface area (Å²) >= 11 is 0. The Morgan fingerprint density at radius 3 is 2.23 bits per heavy atom. The minimum Gasteiger partial charge on any atom is -0.497 e. The summed E-state index contributed by atoms with van der Waals surface area (Å²) in [4.78, 5) is 18.6. The first-order valence-electron chi connectivity index (χ1n) is 8.93. The predicted octanol–water partition coefficient (Wildman–Crippen LogP) is 1.85. The van der Waals surface area contributed by atoms with E-state index in [1.54, 1.807) is 62.8 Å². The molecule has 4 aromatic rings. The van der Waals surface area contributed by atoms with Crippen LogP contribution in [0, 0.1) is 5.41 Å². The average molecular weight is 405 g/mol. The molecule has 2 heterocycles. The van der Waals surface area contributed by atoms with Gasteiger partial charge in [-0.3, -0.25) is 10.2 Å². The molecule has 30 heavy (non-hydrogen) atoms. The van der Waals surface area contributed by atoms with E-state index in [-0.39, 0.29) is 22.6 Å². The molecule has 0 fully saturated rings. The summed E-state index contributed by atoms with van der Waals surface area (Å²) in [6, 6.07) is 15.3. The van der Waals surface area contributed by atoms with Crippen molar-refractivity contribution in [3.8, 4) is 17.2 Å². The monoisotopic (exact) mass is 405 g/mol. The van der Waals surface area contributed by atoms with Gasteiger partial charge in [-0.15, -0.1) is 5.10 Å². The molecule has 0 atom stereocenters. The maximum Gasteiger partial charge on any atom is 0.280 e. The van der Waals surface area contributed by atoms with Gasteiger partial charge in [0, 0.05) is 11.8 Å². The van der Waals surface area contributed by atoms with Gasteiger partial charge in [0.05, 0.1) is 19.9 Å². The summed E-state index contributed by atoms with van der Waals surface area (Å²) in [6.07, 6.45) is 0. The maximum atomic E-state index is 13.0. The first-order chi connectivity index (χ1) is 14.5. The summed E-state index contributed by atoms with van der Waals surface area (Å²) in [5, 5.41) is 15.5. The number of methoxy groups -OCH3 is 2. The van der Waals surface area contributed by atoms with Crippen LogP contribution in [0.4, 0.5) is 11.5 Å². The molecule has 0 aliphatic rings. The summed E-state index contributed by atoms with van der Waals surface area (Å²) in [7, 11) is 3.14. The fourth-order valence-electron chi connectivity index (χ4n) is 2.95. The number of anilines is 2. The number of nitrogens with zero attached hydrogens (tertiary/aromatic N) is 4. The number of ether oxygens (including phenoxy) is 2. The van der Waals surface area contributed by atoms with E-state index in [2.05, 4.69) is 15.4 Å². The Bertz CT molecular complexity index is 1270. The van der Waals surface area contributed by atoms with Gasteiger partial charge in [0.2, 0.25) is 0 Å². The van der Waals surface area contributed by atoms with Crippen molar-refractivity contribution in [3.05, 3.63) is 65.8 Å². The van der Waals surface area contributed by atoms with Crippen LogP contribution in [0.15, 0.2) is 54.6 Å². The smallest absolute Gasteiger partial charge is 0.280 e. The fraction of sp³-hybridized carbons (Fsp3) is 0.100. The highest BCUT2D eigenvalue weighted by Crippen LogP contribution is 2.19. The minimum absolute atomic E-state index is 0.0300. The van der Waals surface area contributed by atoms with Crippen molar-refractivity contribution in [2.45, 2.75) is 0 Å². The summed E-state index contributed by atoms with van der Waals surface area (Å²) in [6.45, 7) is 0. The van der Waals surface area contributed by atoms with Gasteiger partial charge in [-0.2, -0.15) is 9.31 Å². The van der Waals surface area contributed by atoms with Gasteiger partial charge in [0.25, 0.3) is 5.91 Å². The second kappa shape index (κ2) is 7.59. The topological polar surface area (TPSA) is 133 Å². The third-order valence-corrected chi connectivity index (χ3v) is 4.41. The molecule has 4 rings (SSSR count). The van der Waals surface area contributed by atoms with Crippen LogP contribution >= 0.6 is 0 Å². The largest absolute Gasteiger partial charge is 0.497 e. The van der Waals surface area contributed by atoms with E-state index < -0.39 is 5.91 Å². The van der Waals surface area contributed by atoms with Crippen molar-refractivity contribution < 1.29 is 14.3 Å². The molecule has 0 spiro atoms. The van der Waals surface area contributed by atoms with Gasteiger partial charge in [-0.05, 0) is 48.5 Å². The molecule has 0 unspecified atom stereocenters. The van der Waals surface area contributed by atoms with Gasteiger partial charge in [-0.25, -0.2) is 4.98 Å². The number of benzene rings is 2. The van der Waals surface area contributed by atoms with Crippen molar-refractivity contribution in [2.24, 2.45) is 0 Å². The zero-order chi connectivity index (χ0) is 21.3. The first-order valence-corrected chi connectivity index (χ1v) is 8.93. The van der Waals surface area contributed by atoms with Gasteiger partial charge in [-0.1, -0.05) is 0 Å². The van der Waals surface area contributed by atoms with Crippen LogP contribution in [0.3, 0.4) is 0 Å². The summed E-state index contributed by atoms with van der Waals surface area (Å²) in [5.74, 6) is 0.979. The highest BCUT2D eigenvalue weighted by Gasteiger charge is 2.21. The van der Waals surface area contributed by atoms with Crippen LogP contribution in [0.25, 0.3) is 11.3 Å². The number of hydrogen-bond donors (Lipinski definition) is 3. The van der Waals surface area contributed by atoms with Crippen LogP contribution in [0.1, 0.15) is 10.5 Å². The highest BCUT2D eigenvalue weighted by molar-refractivity contribution is 6.06. The highest BCUT2D eigenvalue weighted by atomic mass is 16.5. The lowest BCUT2D eigenvalue weighted by Gasteiger charge is -2.06. The molecular weight excluding hydrogens is 386 g/mol. The van der Waals surface area contributed by atoms with Crippen LogP contribution in [-0.2, 0) is 0 Å². The van der Waals surface area contributed by atoms with Crippen molar-refractivity contribution in [2.75, 3.05) is 25.3 Å². The quantitative estimate of drug-likeness (QED) is 0.464. The zero-order valence-corrected chi connectivity index (χ0v) is 16.3. The molecule has 2 aromatic carbocycles. The van der Waals surface area contributed by atoms with Gasteiger partial charge in [0.15, 0.2) is 16.8 Å². The van der Waals surface area contributed by atoms with E-state index in [1.807, 2.05) is 0 Å². The SMILES string of the molecule is COc1ccc(NC(=O)c2nn(-c3ccc(OC)cc3)n3c(=N)cc(N)nc23)cc1. The average Bonchev–Trinajstić information content (AvgIpc) is 3.14. The lowest BCUT2D eigenvalue weighted by molar-refractivity contribution is 0.102. The zero-order valence-electron chi connectivity index (χ0n) is 16.3. The molecule has 0 saturated heterocycles. The Morgan fingerprint density at radius 2 is 1.63 bits per heavy atom. The Labute approximate surface area is 171 Å². The van der Waals surface area contributed by atoms with E-state index in [0.29, 0.717) is 22.9 Å². The molecule has 0 saturated carbocycles. The van der Waals surface area contributed by atoms with Crippen molar-refractivity contribution in [1.82, 2.24) is 19.4 Å². The molecular formula is C20H19N7O3. The number of hydrogen-bond acceptors (Lipinski definition) is 7. The molecule has 0 aliphatic carbocycles. The standard InChI is InChI=1S/C20H19N7O3/c1-29-14-7-3-12(4-8-14)23-20(28)18-19-24-16(21)11-17(22)26(19)27(25-18)13-5-9-15(30-2)10-6-13/h3-11,22H,21H2,1-2H3,(H,23,28). The van der Waals surface area contributed by atoms with E-state index in [0.717, 1.165) is 0 Å². The number of rotatable bonds is 5. The molecule has 10 nitrogen and oxygen atoms in total. The Hall–Kier alpha value is -4.34. The molecule has 0 radical (unpaired) electrons. The van der Waals surface area contributed by atoms with Crippen molar-refractivity contribution in [1.29, 1.82) is 5.41 Å². The van der Waals surface area contributed by atoms with Gasteiger partial charge in [0.1, 0.15) is 17.3 Å². The lowest BCUT2D eigenvalue weighted by atomic mass is 10.3. The Kier molecular flexibility index (Phi) is 4.80. The van der Waals surface area contributed by atoms with Crippen LogP contribution in [0.2, 0.25) is 0 Å². The molecule has 0 bridgehead atoms. The van der Waals surface area contributed by atoms with Gasteiger partial charge >= 0.3 is 0 Å². The molecule has 152 valence electrons. The van der Waals surface area contributed by atoms with Crippen LogP contribution < -0.4 is 26.0 Å². The predicted molar refractivity (Wildman–Crippen MR) is 110 cm³/mol. The second-order valence-electron chi connectivity index (χ2n) is 6.32. The number of amides is 1. The first kappa shape index (κ1) is 19.0. The number of fused-ring (bicyclic) bond motifs is 1. The number of nitrogens with one attached hydrogen (secondary N) is 2. The van der Waals surface area contributed by atoms with Crippen molar-refractivity contribution >= 4 is 23.1 Å². The third kappa shape index (κ3) is 3.41. The minimum atomic E-state index is -0.484. The normalized spacial score (nSPS) is 10.7. The number of nitrogens with two attached hydrogens (primary N) is 1. The van der Waals surface area contributed by atoms with Crippen molar-refractivity contribution in [3.63, 3.8) is 0 Å². The number of aromatic nitrogens is 4. The molecule has 10 heteroatoms. The number of nitrogen functional groups attached to an aromatic ring is 1. The van der Waals surface area contributed by atoms with E-state index in [4.69, 9.17) is 20.6 Å². The third-order valence-electron chi connectivity index (χ3n) is 4.41. The Morgan fingerprint density at radius 1 is 1.03 bits per heavy atom. The second-order valence-corrected chi connectivity index (χ2v) is 6.32. The van der Waals surface area contributed by atoms with Gasteiger partial charge < -0.3 is 20.5 Å². The van der Waals surface area contributed by atoms with E-state index >= 15 is 0 Å². The summed E-state index contributed by atoms with van der Waals surface area (Å²) < 4.78 is 11.7. The maximum absolute atomic E-state index is 13.0. The number of carbonyl (C=O) groups excluding carboxylic acids is 1. The van der Waals surface area contributed by atoms with E-state index in [1.165, 1.54) is 15.4 Å². The fourth-order valence-corrected chi connectivity index (χ4v) is 2.95. The molecule has 1 amide bonds.